The Labute approximate surface area is 177 Å². The minimum Gasteiger partial charge on any atom is -0.494 e. The van der Waals surface area contributed by atoms with Crippen LogP contribution in [0.15, 0.2) is 36.7 Å². The molecule has 1 heterocycles. The van der Waals surface area contributed by atoms with Crippen molar-refractivity contribution in [2.24, 2.45) is 11.8 Å². The molecule has 0 spiro atoms. The highest BCUT2D eigenvalue weighted by Crippen LogP contribution is 2.33. The number of nitrogens with zero attached hydrogens (tertiary/aromatic N) is 2. The van der Waals surface area contributed by atoms with E-state index in [4.69, 9.17) is 4.74 Å². The van der Waals surface area contributed by atoms with E-state index in [1.807, 2.05) is 24.5 Å². The molecule has 3 rings (SSSR count). The molecule has 1 aliphatic carbocycles. The second kappa shape index (κ2) is 11.9. The zero-order valence-electron chi connectivity index (χ0n) is 18.4. The molecule has 0 amide bonds. The van der Waals surface area contributed by atoms with Gasteiger partial charge in [0.1, 0.15) is 5.75 Å². The smallest absolute Gasteiger partial charge is 0.159 e. The average Bonchev–Trinajstić information content (AvgIpc) is 2.77. The van der Waals surface area contributed by atoms with Gasteiger partial charge < -0.3 is 4.74 Å². The minimum atomic E-state index is 0.790. The van der Waals surface area contributed by atoms with E-state index in [1.54, 1.807) is 0 Å². The number of benzene rings is 1. The van der Waals surface area contributed by atoms with Gasteiger partial charge in [-0.1, -0.05) is 65.2 Å². The Morgan fingerprint density at radius 2 is 1.48 bits per heavy atom. The van der Waals surface area contributed by atoms with Gasteiger partial charge in [-0.3, -0.25) is 0 Å². The van der Waals surface area contributed by atoms with E-state index in [9.17, 15) is 0 Å². The summed E-state index contributed by atoms with van der Waals surface area (Å²) in [5, 5.41) is 0. The Hall–Kier alpha value is -1.90. The van der Waals surface area contributed by atoms with E-state index < -0.39 is 0 Å². The molecule has 0 radical (unpaired) electrons. The highest BCUT2D eigenvalue weighted by Gasteiger charge is 2.20. The molecule has 1 aliphatic rings. The van der Waals surface area contributed by atoms with Gasteiger partial charge in [0.2, 0.25) is 0 Å². The van der Waals surface area contributed by atoms with Crippen LogP contribution in [0.1, 0.15) is 83.6 Å². The lowest BCUT2D eigenvalue weighted by molar-refractivity contribution is 0.252. The summed E-state index contributed by atoms with van der Waals surface area (Å²) < 4.78 is 5.79. The predicted molar refractivity (Wildman–Crippen MR) is 121 cm³/mol. The van der Waals surface area contributed by atoms with Crippen LogP contribution in [0.3, 0.4) is 0 Å². The molecule has 1 saturated carbocycles. The lowest BCUT2D eigenvalue weighted by Crippen LogP contribution is -2.15. The summed E-state index contributed by atoms with van der Waals surface area (Å²) in [5.41, 5.74) is 2.31. The second-order valence-corrected chi connectivity index (χ2v) is 8.71. The number of aryl methyl sites for hydroxylation is 1. The Morgan fingerprint density at radius 3 is 2.10 bits per heavy atom. The molecular formula is C26H38N2O. The van der Waals surface area contributed by atoms with Crippen LogP contribution < -0.4 is 4.74 Å². The van der Waals surface area contributed by atoms with Crippen LogP contribution in [0, 0.1) is 11.8 Å². The molecule has 158 valence electrons. The molecule has 0 saturated heterocycles. The fourth-order valence-electron chi connectivity index (χ4n) is 4.46. The molecule has 3 nitrogen and oxygen atoms in total. The van der Waals surface area contributed by atoms with E-state index >= 15 is 0 Å². The molecule has 0 N–H and O–H groups in total. The van der Waals surface area contributed by atoms with E-state index in [1.165, 1.54) is 63.4 Å². The van der Waals surface area contributed by atoms with Crippen LogP contribution in [-0.4, -0.2) is 16.6 Å². The van der Waals surface area contributed by atoms with Crippen LogP contribution in [0.2, 0.25) is 0 Å². The van der Waals surface area contributed by atoms with Gasteiger partial charge in [-0.15, -0.1) is 0 Å². The number of unbranched alkanes of at least 4 members (excludes halogenated alkanes) is 2. The third-order valence-corrected chi connectivity index (χ3v) is 6.34. The molecule has 1 aromatic carbocycles. The first-order valence-electron chi connectivity index (χ1n) is 11.8. The van der Waals surface area contributed by atoms with Gasteiger partial charge in [0.15, 0.2) is 5.82 Å². The van der Waals surface area contributed by atoms with E-state index in [-0.39, 0.29) is 0 Å². The normalized spacial score (nSPS) is 19.2. The zero-order chi connectivity index (χ0) is 20.3. The number of hydrogen-bond acceptors (Lipinski definition) is 3. The first-order valence-corrected chi connectivity index (χ1v) is 11.8. The molecule has 3 heteroatoms. The van der Waals surface area contributed by atoms with Crippen molar-refractivity contribution in [2.45, 2.75) is 84.5 Å². The number of rotatable bonds is 11. The summed E-state index contributed by atoms with van der Waals surface area (Å²) in [4.78, 5) is 9.23. The van der Waals surface area contributed by atoms with Gasteiger partial charge in [-0.05, 0) is 60.9 Å². The van der Waals surface area contributed by atoms with Crippen molar-refractivity contribution < 1.29 is 4.74 Å². The summed E-state index contributed by atoms with van der Waals surface area (Å²) in [6.07, 6.45) is 18.4. The lowest BCUT2D eigenvalue weighted by atomic mass is 9.78. The van der Waals surface area contributed by atoms with Crippen molar-refractivity contribution >= 4 is 0 Å². The highest BCUT2D eigenvalue weighted by molar-refractivity contribution is 5.55. The maximum Gasteiger partial charge on any atom is 0.159 e. The molecule has 0 aliphatic heterocycles. The molecule has 1 aromatic heterocycles. The molecule has 1 fully saturated rings. The summed E-state index contributed by atoms with van der Waals surface area (Å²) in [6.45, 7) is 5.31. The monoisotopic (exact) mass is 394 g/mol. The molecule has 29 heavy (non-hydrogen) atoms. The summed E-state index contributed by atoms with van der Waals surface area (Å²) >= 11 is 0. The molecule has 0 bridgehead atoms. The Bertz CT molecular complexity index is 688. The van der Waals surface area contributed by atoms with Gasteiger partial charge in [-0.25, -0.2) is 9.97 Å². The van der Waals surface area contributed by atoms with Gasteiger partial charge in [0.05, 0.1) is 6.61 Å². The fraction of sp³-hybridized carbons (Fsp3) is 0.615. The third-order valence-electron chi connectivity index (χ3n) is 6.34. The second-order valence-electron chi connectivity index (χ2n) is 8.71. The zero-order valence-corrected chi connectivity index (χ0v) is 18.4. The topological polar surface area (TPSA) is 35.0 Å². The van der Waals surface area contributed by atoms with E-state index in [0.717, 1.165) is 48.4 Å². The van der Waals surface area contributed by atoms with E-state index in [0.29, 0.717) is 0 Å². The molecule has 2 aromatic rings. The number of ether oxygens (including phenoxy) is 1. The quantitative estimate of drug-likeness (QED) is 0.376. The van der Waals surface area contributed by atoms with Gasteiger partial charge in [0, 0.05) is 18.0 Å². The van der Waals surface area contributed by atoms with Crippen molar-refractivity contribution in [3.63, 3.8) is 0 Å². The first kappa shape index (κ1) is 21.8. The standard InChI is InChI=1S/C26H38N2O/c1-3-5-6-18-29-25-16-14-24(15-17-25)26-27-19-23(20-28-26)13-12-22-10-8-21(7-4-2)9-11-22/h14-17,19-22H,3-13,18H2,1-2H3/t21-,22-. The minimum absolute atomic E-state index is 0.790. The molecule has 0 atom stereocenters. The largest absolute Gasteiger partial charge is 0.494 e. The van der Waals surface area contributed by atoms with Gasteiger partial charge >= 0.3 is 0 Å². The van der Waals surface area contributed by atoms with Crippen LogP contribution in [0.25, 0.3) is 11.4 Å². The fourth-order valence-corrected chi connectivity index (χ4v) is 4.46. The van der Waals surface area contributed by atoms with E-state index in [2.05, 4.69) is 35.9 Å². The third kappa shape index (κ3) is 7.13. The Kier molecular flexibility index (Phi) is 8.98. The summed E-state index contributed by atoms with van der Waals surface area (Å²) in [6, 6.07) is 8.15. The predicted octanol–water partition coefficient (Wildman–Crippen LogP) is 7.25. The SMILES string of the molecule is CCCCCOc1ccc(-c2ncc(CC[C@H]3CC[C@H](CCC)CC3)cn2)cc1. The van der Waals surface area contributed by atoms with Crippen LogP contribution >= 0.6 is 0 Å². The summed E-state index contributed by atoms with van der Waals surface area (Å²) in [7, 11) is 0. The van der Waals surface area contributed by atoms with Crippen LogP contribution in [0.4, 0.5) is 0 Å². The van der Waals surface area contributed by atoms with Crippen molar-refractivity contribution in [2.75, 3.05) is 6.61 Å². The van der Waals surface area contributed by atoms with Gasteiger partial charge in [0.25, 0.3) is 0 Å². The van der Waals surface area contributed by atoms with Crippen molar-refractivity contribution in [1.82, 2.24) is 9.97 Å². The maximum absolute atomic E-state index is 5.79. The van der Waals surface area contributed by atoms with Gasteiger partial charge in [-0.2, -0.15) is 0 Å². The van der Waals surface area contributed by atoms with Crippen molar-refractivity contribution in [3.8, 4) is 17.1 Å². The van der Waals surface area contributed by atoms with Crippen LogP contribution in [0.5, 0.6) is 5.75 Å². The summed E-state index contributed by atoms with van der Waals surface area (Å²) in [5.74, 6) is 3.61. The first-order chi connectivity index (χ1) is 14.3. The highest BCUT2D eigenvalue weighted by atomic mass is 16.5. The number of aromatic nitrogens is 2. The lowest BCUT2D eigenvalue weighted by Gasteiger charge is -2.28. The van der Waals surface area contributed by atoms with Crippen molar-refractivity contribution in [1.29, 1.82) is 0 Å². The van der Waals surface area contributed by atoms with Crippen molar-refractivity contribution in [3.05, 3.63) is 42.2 Å². The maximum atomic E-state index is 5.79. The number of hydrogen-bond donors (Lipinski definition) is 0. The molecule has 0 unspecified atom stereocenters. The van der Waals surface area contributed by atoms with Crippen LogP contribution in [-0.2, 0) is 6.42 Å². The Balaban J connectivity index is 1.44. The average molecular weight is 395 g/mol. The molecular weight excluding hydrogens is 356 g/mol. The Morgan fingerprint density at radius 1 is 0.828 bits per heavy atom.